The first-order valence-corrected chi connectivity index (χ1v) is 17.9. The van der Waals surface area contributed by atoms with Crippen molar-refractivity contribution >= 4 is 23.8 Å². The lowest BCUT2D eigenvalue weighted by atomic mass is 9.46. The number of Topliss-reactive ketones (excluding diaryl/α,β-unsaturated/α-hetero) is 2. The first-order valence-electron chi connectivity index (χ1n) is 17.9. The Balaban J connectivity index is 1.49. The van der Waals surface area contributed by atoms with Crippen LogP contribution in [0.15, 0.2) is 35.1 Å². The molecule has 6 heteroatoms. The highest BCUT2D eigenvalue weighted by atomic mass is 16.4. The predicted octanol–water partition coefficient (Wildman–Crippen LogP) is 8.46. The predicted molar refractivity (Wildman–Crippen MR) is 178 cm³/mol. The monoisotopic (exact) mass is 632 g/mol. The largest absolute Gasteiger partial charge is 0.504 e. The third-order valence-electron chi connectivity index (χ3n) is 15.5. The van der Waals surface area contributed by atoms with Crippen LogP contribution >= 0.6 is 0 Å². The molecule has 10 unspecified atom stereocenters. The highest BCUT2D eigenvalue weighted by Gasteiger charge is 2.81. The Morgan fingerprint density at radius 1 is 1.04 bits per heavy atom. The smallest absolute Gasteiger partial charge is 0.309 e. The van der Waals surface area contributed by atoms with Crippen LogP contribution in [-0.2, 0) is 19.2 Å². The zero-order valence-electron chi connectivity index (χ0n) is 29.4. The molecule has 5 saturated carbocycles. The number of aliphatic hydroxyl groups excluding tert-OH is 1. The lowest BCUT2D eigenvalue weighted by Crippen LogP contribution is -2.53. The molecule has 6 aliphatic carbocycles. The number of carbonyl (C=O) groups is 4. The minimum absolute atomic E-state index is 0.0502. The average molecular weight is 633 g/mol. The van der Waals surface area contributed by atoms with Crippen LogP contribution in [0.25, 0.3) is 0 Å². The number of carbonyl (C=O) groups excluding carboxylic acids is 3. The van der Waals surface area contributed by atoms with Crippen molar-refractivity contribution in [2.24, 2.45) is 68.0 Å². The zero-order valence-corrected chi connectivity index (χ0v) is 29.4. The molecule has 0 aromatic carbocycles. The average Bonchev–Trinajstić information content (AvgIpc) is 3.34. The van der Waals surface area contributed by atoms with Crippen LogP contribution in [0.1, 0.15) is 120 Å². The van der Waals surface area contributed by atoms with E-state index in [1.165, 1.54) is 0 Å². The number of allylic oxidation sites excluding steroid dienone is 5. The molecule has 2 N–H and O–H groups in total. The van der Waals surface area contributed by atoms with Crippen molar-refractivity contribution in [2.75, 3.05) is 0 Å². The first-order chi connectivity index (χ1) is 21.3. The molecule has 6 aliphatic rings. The number of fused-ring (bicyclic) bond motifs is 4. The second kappa shape index (κ2) is 10.3. The summed E-state index contributed by atoms with van der Waals surface area (Å²) in [5.74, 6) is -2.89. The molecular formula is C40H56O6. The van der Waals surface area contributed by atoms with Crippen molar-refractivity contribution in [1.29, 1.82) is 0 Å². The summed E-state index contributed by atoms with van der Waals surface area (Å²) in [6.45, 7) is 21.0. The van der Waals surface area contributed by atoms with Crippen molar-refractivity contribution < 1.29 is 29.4 Å². The topological polar surface area (TPSA) is 109 Å². The Hall–Kier alpha value is -2.50. The standard InChI is InChI=1S/C40H56O6/c1-22(2)39-20-26(24(4)12-14-25-23(3)13-15-28-36(25,7)17-11-18-37(28,8)34(45)46)40(33(39)44)27(21-41)30-35(5,6)16-10-19-38(30,9)31(40)29(42)32(39)43/h12,21-22,25-28,30,42H,3,10-11,13-20H2,1-2,4-9H3,(H,45,46). The van der Waals surface area contributed by atoms with Gasteiger partial charge in [-0.1, -0.05) is 78.2 Å². The zero-order chi connectivity index (χ0) is 34.0. The van der Waals surface area contributed by atoms with Gasteiger partial charge in [-0.2, -0.15) is 0 Å². The normalized spacial score (nSPS) is 46.7. The van der Waals surface area contributed by atoms with E-state index in [-0.39, 0.29) is 52.0 Å². The number of ketones is 2. The van der Waals surface area contributed by atoms with E-state index in [4.69, 9.17) is 0 Å². The molecule has 0 radical (unpaired) electrons. The molecule has 5 fully saturated rings. The SMILES string of the molecule is C=C1CCC2C(C)(C(=O)O)CCCC2(C)C1CC=C(C)C1CC2(C(C)C)C(=O)C(O)=C3C4(C)CCCC(C)(C)C4C(C=O)C31C2=O. The van der Waals surface area contributed by atoms with Crippen LogP contribution in [0.3, 0.4) is 0 Å². The maximum atomic E-state index is 15.2. The summed E-state index contributed by atoms with van der Waals surface area (Å²) < 4.78 is 0. The van der Waals surface area contributed by atoms with Gasteiger partial charge in [0.15, 0.2) is 11.5 Å². The Labute approximate surface area is 275 Å². The van der Waals surface area contributed by atoms with E-state index in [0.29, 0.717) is 24.8 Å². The minimum atomic E-state index is -1.36. The molecule has 0 saturated heterocycles. The van der Waals surface area contributed by atoms with E-state index in [1.54, 1.807) is 0 Å². The van der Waals surface area contributed by atoms with Gasteiger partial charge in [0, 0.05) is 5.92 Å². The van der Waals surface area contributed by atoms with Crippen LogP contribution in [-0.4, -0.2) is 34.0 Å². The number of hydrogen-bond donors (Lipinski definition) is 2. The summed E-state index contributed by atoms with van der Waals surface area (Å²) in [6, 6.07) is 0. The van der Waals surface area contributed by atoms with E-state index in [1.807, 2.05) is 20.8 Å². The van der Waals surface area contributed by atoms with Crippen molar-refractivity contribution in [3.05, 3.63) is 35.1 Å². The quantitative estimate of drug-likeness (QED) is 0.173. The number of aliphatic carboxylic acids is 1. The van der Waals surface area contributed by atoms with Crippen LogP contribution in [0, 0.1) is 68.0 Å². The number of aldehydes is 1. The number of carboxylic acids is 1. The van der Waals surface area contributed by atoms with Crippen LogP contribution in [0.4, 0.5) is 0 Å². The molecule has 2 bridgehead atoms. The Bertz CT molecular complexity index is 1480. The van der Waals surface area contributed by atoms with Gasteiger partial charge >= 0.3 is 5.97 Å². The second-order valence-corrected chi connectivity index (χ2v) is 18.1. The van der Waals surface area contributed by atoms with Crippen LogP contribution < -0.4 is 0 Å². The molecule has 1 spiro atoms. The van der Waals surface area contributed by atoms with Crippen molar-refractivity contribution in [3.8, 4) is 0 Å². The van der Waals surface area contributed by atoms with Gasteiger partial charge in [0.05, 0.1) is 16.2 Å². The van der Waals surface area contributed by atoms with E-state index < -0.39 is 39.3 Å². The molecule has 0 aromatic rings. The van der Waals surface area contributed by atoms with Gasteiger partial charge in [0.25, 0.3) is 0 Å². The van der Waals surface area contributed by atoms with Gasteiger partial charge in [-0.05, 0) is 117 Å². The minimum Gasteiger partial charge on any atom is -0.504 e. The maximum Gasteiger partial charge on any atom is 0.309 e. The first kappa shape index (κ1) is 33.4. The van der Waals surface area contributed by atoms with E-state index >= 15 is 4.79 Å². The van der Waals surface area contributed by atoms with Crippen LogP contribution in [0.5, 0.6) is 0 Å². The fourth-order valence-corrected chi connectivity index (χ4v) is 13.5. The number of aliphatic hydroxyl groups is 1. The molecule has 252 valence electrons. The molecule has 0 aromatic heterocycles. The van der Waals surface area contributed by atoms with Gasteiger partial charge in [0.1, 0.15) is 6.29 Å². The summed E-state index contributed by atoms with van der Waals surface area (Å²) in [6.07, 6.45) is 10.9. The molecule has 0 amide bonds. The lowest BCUT2D eigenvalue weighted by molar-refractivity contribution is -0.164. The maximum absolute atomic E-state index is 15.2. The molecular weight excluding hydrogens is 576 g/mol. The van der Waals surface area contributed by atoms with E-state index in [0.717, 1.165) is 62.4 Å². The van der Waals surface area contributed by atoms with Gasteiger partial charge < -0.3 is 15.0 Å². The van der Waals surface area contributed by atoms with Gasteiger partial charge in [-0.15, -0.1) is 0 Å². The van der Waals surface area contributed by atoms with Crippen LogP contribution in [0.2, 0.25) is 0 Å². The van der Waals surface area contributed by atoms with Gasteiger partial charge in [-0.3, -0.25) is 14.4 Å². The number of carboxylic acid groups (broad SMARTS) is 1. The summed E-state index contributed by atoms with van der Waals surface area (Å²) in [7, 11) is 0. The molecule has 6 nitrogen and oxygen atoms in total. The molecule has 6 rings (SSSR count). The Kier molecular flexibility index (Phi) is 7.44. The lowest BCUT2D eigenvalue weighted by Gasteiger charge is -2.57. The Morgan fingerprint density at radius 2 is 1.70 bits per heavy atom. The molecule has 10 atom stereocenters. The van der Waals surface area contributed by atoms with Crippen molar-refractivity contribution in [3.63, 3.8) is 0 Å². The van der Waals surface area contributed by atoms with E-state index in [9.17, 15) is 24.6 Å². The summed E-state index contributed by atoms with van der Waals surface area (Å²) in [5.41, 5.74) is -1.73. The molecule has 0 heterocycles. The highest BCUT2D eigenvalue weighted by Crippen LogP contribution is 2.79. The fourth-order valence-electron chi connectivity index (χ4n) is 13.5. The van der Waals surface area contributed by atoms with Gasteiger partial charge in [0.2, 0.25) is 5.78 Å². The second-order valence-electron chi connectivity index (χ2n) is 18.1. The summed E-state index contributed by atoms with van der Waals surface area (Å²) >= 11 is 0. The third kappa shape index (κ3) is 3.76. The van der Waals surface area contributed by atoms with Gasteiger partial charge in [-0.25, -0.2) is 0 Å². The summed E-state index contributed by atoms with van der Waals surface area (Å²) in [4.78, 5) is 55.5. The Morgan fingerprint density at radius 3 is 2.30 bits per heavy atom. The molecule has 0 aliphatic heterocycles. The summed E-state index contributed by atoms with van der Waals surface area (Å²) in [5, 5.41) is 22.3. The number of hydrogen-bond acceptors (Lipinski definition) is 5. The fraction of sp³-hybridized carbons (Fsp3) is 0.750. The van der Waals surface area contributed by atoms with Crippen molar-refractivity contribution in [1.82, 2.24) is 0 Å². The molecule has 46 heavy (non-hydrogen) atoms. The van der Waals surface area contributed by atoms with Crippen molar-refractivity contribution in [2.45, 2.75) is 120 Å². The third-order valence-corrected chi connectivity index (χ3v) is 15.5. The van der Waals surface area contributed by atoms with E-state index in [2.05, 4.69) is 47.3 Å². The highest BCUT2D eigenvalue weighted by molar-refractivity contribution is 6.22. The number of rotatable bonds is 6.